The highest BCUT2D eigenvalue weighted by Crippen LogP contribution is 2.39. The van der Waals surface area contributed by atoms with Crippen molar-refractivity contribution in [2.75, 3.05) is 6.26 Å². The molecule has 0 N–H and O–H groups in total. The molecule has 0 heterocycles. The van der Waals surface area contributed by atoms with Gasteiger partial charge in [-0.3, -0.25) is 4.79 Å². The number of rotatable bonds is 1. The van der Waals surface area contributed by atoms with Gasteiger partial charge in [-0.2, -0.15) is 13.2 Å². The van der Waals surface area contributed by atoms with Crippen LogP contribution in [0.1, 0.15) is 0 Å². The van der Waals surface area contributed by atoms with Gasteiger partial charge in [0, 0.05) is 0 Å². The van der Waals surface area contributed by atoms with Crippen molar-refractivity contribution >= 4 is 16.5 Å². The van der Waals surface area contributed by atoms with Gasteiger partial charge in [0.15, 0.2) is 0 Å². The Morgan fingerprint density at radius 3 is 1.88 bits per heavy atom. The molecule has 1 atom stereocenters. The SMILES string of the molecule is C[SH]([C]=O)C(F)(F)F. The molecule has 0 aromatic heterocycles. The summed E-state index contributed by atoms with van der Waals surface area (Å²) in [6.45, 7) is 0. The van der Waals surface area contributed by atoms with Crippen LogP contribution >= 0.6 is 10.9 Å². The molecule has 1 radical (unpaired) electrons. The van der Waals surface area contributed by atoms with Crippen molar-refractivity contribution < 1.29 is 18.0 Å². The maximum Gasteiger partial charge on any atom is 0.429 e. The van der Waals surface area contributed by atoms with Gasteiger partial charge in [-0.05, 0) is 6.26 Å². The van der Waals surface area contributed by atoms with Gasteiger partial charge < -0.3 is 0 Å². The molecule has 0 aliphatic rings. The van der Waals surface area contributed by atoms with Crippen molar-refractivity contribution in [1.82, 2.24) is 0 Å². The minimum absolute atomic E-state index is 0.822. The van der Waals surface area contributed by atoms with E-state index in [0.717, 1.165) is 11.9 Å². The van der Waals surface area contributed by atoms with Crippen LogP contribution in [0, 0.1) is 0 Å². The molecule has 8 heavy (non-hydrogen) atoms. The van der Waals surface area contributed by atoms with Crippen molar-refractivity contribution in [3.05, 3.63) is 0 Å². The standard InChI is InChI=1S/C3H4F3OS/c1-8(2-7)3(4,5)6/h8H,1H3. The second-order valence-corrected chi connectivity index (χ2v) is 2.93. The lowest BCUT2D eigenvalue weighted by atomic mass is 11.5. The van der Waals surface area contributed by atoms with Gasteiger partial charge in [-0.25, -0.2) is 0 Å². The van der Waals surface area contributed by atoms with Crippen LogP contribution in [0.15, 0.2) is 0 Å². The molecular weight excluding hydrogens is 141 g/mol. The minimum Gasteiger partial charge on any atom is -0.279 e. The quantitative estimate of drug-likeness (QED) is 0.549. The van der Waals surface area contributed by atoms with Gasteiger partial charge in [-0.1, -0.05) is 10.9 Å². The average molecular weight is 145 g/mol. The van der Waals surface area contributed by atoms with E-state index in [1.165, 1.54) is 0 Å². The third-order valence-corrected chi connectivity index (χ3v) is 1.55. The van der Waals surface area contributed by atoms with Gasteiger partial charge in [0.05, 0.1) is 0 Å². The Balaban J connectivity index is 3.80. The number of thiol groups is 1. The number of hydrogen-bond donors (Lipinski definition) is 1. The van der Waals surface area contributed by atoms with Crippen molar-refractivity contribution in [3.8, 4) is 0 Å². The second kappa shape index (κ2) is 2.39. The fourth-order valence-electron chi connectivity index (χ4n) is 0.0518. The first-order valence-corrected chi connectivity index (χ1v) is 3.45. The molecule has 0 amide bonds. The third-order valence-electron chi connectivity index (χ3n) is 0.517. The van der Waals surface area contributed by atoms with Gasteiger partial charge in [0.2, 0.25) is 0 Å². The van der Waals surface area contributed by atoms with Crippen LogP contribution < -0.4 is 0 Å². The summed E-state index contributed by atoms with van der Waals surface area (Å²) in [7, 11) is -2.52. The van der Waals surface area contributed by atoms with E-state index in [1.54, 1.807) is 0 Å². The number of carbonyl (C=O) groups excluding carboxylic acids is 1. The first-order valence-electron chi connectivity index (χ1n) is 1.67. The van der Waals surface area contributed by atoms with Crippen LogP contribution in [0.25, 0.3) is 0 Å². The number of hydrogen-bond acceptors (Lipinski definition) is 1. The van der Waals surface area contributed by atoms with Crippen LogP contribution in [-0.2, 0) is 4.79 Å². The van der Waals surface area contributed by atoms with Crippen LogP contribution in [0.5, 0.6) is 0 Å². The van der Waals surface area contributed by atoms with Crippen molar-refractivity contribution in [2.24, 2.45) is 0 Å². The molecule has 0 saturated heterocycles. The summed E-state index contributed by atoms with van der Waals surface area (Å²) in [5.41, 5.74) is -3.46. The van der Waals surface area contributed by atoms with E-state index in [9.17, 15) is 18.0 Å². The highest BCUT2D eigenvalue weighted by molar-refractivity contribution is 8.28. The molecule has 49 valence electrons. The van der Waals surface area contributed by atoms with Crippen LogP contribution in [0.2, 0.25) is 0 Å². The Bertz CT molecular complexity index is 89.0. The first kappa shape index (κ1) is 7.81. The Morgan fingerprint density at radius 2 is 1.88 bits per heavy atom. The van der Waals surface area contributed by atoms with Crippen LogP contribution in [0.4, 0.5) is 13.2 Å². The third kappa shape index (κ3) is 2.20. The summed E-state index contributed by atoms with van der Waals surface area (Å²) in [6, 6.07) is 0. The summed E-state index contributed by atoms with van der Waals surface area (Å²) in [6.07, 6.45) is 0.822. The van der Waals surface area contributed by atoms with E-state index in [2.05, 4.69) is 0 Å². The van der Waals surface area contributed by atoms with E-state index in [-0.39, 0.29) is 0 Å². The minimum atomic E-state index is -4.35. The van der Waals surface area contributed by atoms with Crippen LogP contribution in [-0.4, -0.2) is 17.4 Å². The van der Waals surface area contributed by atoms with Gasteiger partial charge in [0.25, 0.3) is 5.62 Å². The predicted octanol–water partition coefficient (Wildman–Crippen LogP) is 1.20. The molecule has 0 aromatic rings. The molecule has 5 heteroatoms. The van der Waals surface area contributed by atoms with Crippen LogP contribution in [0.3, 0.4) is 0 Å². The molecule has 0 spiro atoms. The maximum atomic E-state index is 11.2. The fourth-order valence-corrected chi connectivity index (χ4v) is 0.155. The Morgan fingerprint density at radius 1 is 1.50 bits per heavy atom. The summed E-state index contributed by atoms with van der Waals surface area (Å²) in [4.78, 5) is 9.34. The zero-order valence-corrected chi connectivity index (χ0v) is 4.88. The zero-order chi connectivity index (χ0) is 6.78. The molecule has 0 rings (SSSR count). The maximum absolute atomic E-state index is 11.2. The predicted molar refractivity (Wildman–Crippen MR) is 26.7 cm³/mol. The summed E-state index contributed by atoms with van der Waals surface area (Å²) in [5.74, 6) is 0. The molecule has 0 aromatic carbocycles. The van der Waals surface area contributed by atoms with Crippen molar-refractivity contribution in [1.29, 1.82) is 0 Å². The van der Waals surface area contributed by atoms with Gasteiger partial charge in [-0.15, -0.1) is 0 Å². The monoisotopic (exact) mass is 145 g/mol. The molecule has 0 fully saturated rings. The highest BCUT2D eigenvalue weighted by atomic mass is 32.2. The fraction of sp³-hybridized carbons (Fsp3) is 0.667. The lowest BCUT2D eigenvalue weighted by Gasteiger charge is -2.09. The lowest BCUT2D eigenvalue weighted by Crippen LogP contribution is -2.07. The molecule has 0 aliphatic heterocycles. The van der Waals surface area contributed by atoms with Crippen molar-refractivity contribution in [2.45, 2.75) is 5.51 Å². The average Bonchev–Trinajstić information content (AvgIpc) is 1.62. The van der Waals surface area contributed by atoms with Gasteiger partial charge in [0.1, 0.15) is 0 Å². The Kier molecular flexibility index (Phi) is 2.33. The molecule has 0 aliphatic carbocycles. The highest BCUT2D eigenvalue weighted by Gasteiger charge is 2.33. The molecular formula is C3H4F3OS. The molecule has 1 unspecified atom stereocenters. The Hall–Kier alpha value is -0.190. The van der Waals surface area contributed by atoms with E-state index in [1.807, 2.05) is 0 Å². The van der Waals surface area contributed by atoms with E-state index in [0.29, 0.717) is 0 Å². The largest absolute Gasteiger partial charge is 0.429 e. The number of alkyl halides is 3. The zero-order valence-electron chi connectivity index (χ0n) is 3.99. The number of halogens is 3. The molecule has 1 nitrogen and oxygen atoms in total. The normalized spacial score (nSPS) is 17.8. The lowest BCUT2D eigenvalue weighted by molar-refractivity contribution is -0.0337. The summed E-state index contributed by atoms with van der Waals surface area (Å²) < 4.78 is 33.6. The Labute approximate surface area is 47.2 Å². The van der Waals surface area contributed by atoms with Gasteiger partial charge >= 0.3 is 5.51 Å². The second-order valence-electron chi connectivity index (χ2n) is 1.12. The summed E-state index contributed by atoms with van der Waals surface area (Å²) in [5, 5.41) is 0. The molecule has 0 bridgehead atoms. The topological polar surface area (TPSA) is 17.1 Å². The molecule has 0 saturated carbocycles. The van der Waals surface area contributed by atoms with Crippen molar-refractivity contribution in [3.63, 3.8) is 0 Å². The van der Waals surface area contributed by atoms with E-state index >= 15 is 0 Å². The smallest absolute Gasteiger partial charge is 0.279 e. The first-order chi connectivity index (χ1) is 3.48. The van der Waals surface area contributed by atoms with E-state index < -0.39 is 16.4 Å². The van der Waals surface area contributed by atoms with E-state index in [4.69, 9.17) is 0 Å². The summed E-state index contributed by atoms with van der Waals surface area (Å²) >= 11 is 0.